The van der Waals surface area contributed by atoms with Crippen molar-refractivity contribution in [3.8, 4) is 0 Å². The maximum Gasteiger partial charge on any atom is 0.221 e. The molecular weight excluding hydrogens is 176 g/mol. The van der Waals surface area contributed by atoms with Gasteiger partial charge in [0.25, 0.3) is 0 Å². The molecule has 0 heterocycles. The Bertz CT molecular complexity index is 370. The fourth-order valence-electron chi connectivity index (χ4n) is 1.15. The first kappa shape index (κ1) is 10.3. The van der Waals surface area contributed by atoms with E-state index in [1.165, 1.54) is 0 Å². The van der Waals surface area contributed by atoms with Crippen LogP contribution in [0.15, 0.2) is 24.3 Å². The molecule has 0 saturated heterocycles. The van der Waals surface area contributed by atoms with Gasteiger partial charge in [-0.25, -0.2) is 0 Å². The molecule has 0 spiro atoms. The molecule has 0 unspecified atom stereocenters. The van der Waals surface area contributed by atoms with Crippen LogP contribution in [0.2, 0.25) is 0 Å². The summed E-state index contributed by atoms with van der Waals surface area (Å²) in [6.45, 7) is 1.94. The molecule has 0 fully saturated rings. The number of nitrogen functional groups attached to an aromatic ring is 1. The summed E-state index contributed by atoms with van der Waals surface area (Å²) in [6.07, 6.45) is 3.86. The third-order valence-electron chi connectivity index (χ3n) is 2.03. The third kappa shape index (κ3) is 2.62. The molecule has 14 heavy (non-hydrogen) atoms. The monoisotopic (exact) mass is 190 g/mol. The number of carbonyl (C=O) groups is 1. The van der Waals surface area contributed by atoms with Gasteiger partial charge >= 0.3 is 0 Å². The van der Waals surface area contributed by atoms with Crippen LogP contribution >= 0.6 is 0 Å². The van der Waals surface area contributed by atoms with E-state index in [1.807, 2.05) is 31.2 Å². The van der Waals surface area contributed by atoms with Gasteiger partial charge in [0, 0.05) is 12.1 Å². The number of hydrogen-bond acceptors (Lipinski definition) is 2. The molecule has 0 radical (unpaired) electrons. The fourth-order valence-corrected chi connectivity index (χ4v) is 1.15. The lowest BCUT2D eigenvalue weighted by Gasteiger charge is -2.02. The van der Waals surface area contributed by atoms with Gasteiger partial charge in [-0.2, -0.15) is 0 Å². The summed E-state index contributed by atoms with van der Waals surface area (Å²) in [6, 6.07) is 5.68. The van der Waals surface area contributed by atoms with Gasteiger partial charge in [-0.1, -0.05) is 24.3 Å². The van der Waals surface area contributed by atoms with Crippen molar-refractivity contribution in [3.05, 3.63) is 35.4 Å². The van der Waals surface area contributed by atoms with Gasteiger partial charge in [0.05, 0.1) is 0 Å². The molecule has 0 aromatic heterocycles. The quantitative estimate of drug-likeness (QED) is 0.708. The molecule has 3 nitrogen and oxygen atoms in total. The van der Waals surface area contributed by atoms with Crippen molar-refractivity contribution in [2.45, 2.75) is 13.3 Å². The van der Waals surface area contributed by atoms with Crippen LogP contribution in [0.25, 0.3) is 6.08 Å². The predicted molar refractivity (Wildman–Crippen MR) is 58.4 cm³/mol. The molecule has 0 atom stereocenters. The molecule has 0 bridgehead atoms. The van der Waals surface area contributed by atoms with Crippen LogP contribution in [0.1, 0.15) is 17.5 Å². The maximum absolute atomic E-state index is 10.5. The molecule has 4 N–H and O–H groups in total. The van der Waals surface area contributed by atoms with E-state index in [1.54, 1.807) is 6.08 Å². The summed E-state index contributed by atoms with van der Waals surface area (Å²) in [4.78, 5) is 10.5. The second kappa shape index (κ2) is 4.46. The lowest BCUT2D eigenvalue weighted by atomic mass is 10.1. The van der Waals surface area contributed by atoms with E-state index in [-0.39, 0.29) is 12.3 Å². The van der Waals surface area contributed by atoms with E-state index >= 15 is 0 Å². The number of amides is 1. The lowest BCUT2D eigenvalue weighted by Crippen LogP contribution is -2.07. The van der Waals surface area contributed by atoms with Crippen LogP contribution in [0.3, 0.4) is 0 Å². The number of nitrogens with two attached hydrogens (primary N) is 2. The molecule has 0 aliphatic heterocycles. The molecule has 1 rings (SSSR count). The molecule has 3 heteroatoms. The molecule has 74 valence electrons. The van der Waals surface area contributed by atoms with Gasteiger partial charge < -0.3 is 11.5 Å². The summed E-state index contributed by atoms with van der Waals surface area (Å²) in [5.41, 5.74) is 13.5. The Morgan fingerprint density at radius 3 is 2.86 bits per heavy atom. The van der Waals surface area contributed by atoms with Crippen LogP contribution in [0.4, 0.5) is 5.69 Å². The Balaban J connectivity index is 2.81. The predicted octanol–water partition coefficient (Wildman–Crippen LogP) is 1.47. The van der Waals surface area contributed by atoms with Crippen LogP contribution < -0.4 is 11.5 Å². The van der Waals surface area contributed by atoms with Crippen molar-refractivity contribution in [1.29, 1.82) is 0 Å². The molecule has 0 aliphatic rings. The van der Waals surface area contributed by atoms with E-state index in [4.69, 9.17) is 11.5 Å². The molecule has 0 aliphatic carbocycles. The number of primary amides is 1. The number of hydrogen-bond donors (Lipinski definition) is 2. The van der Waals surface area contributed by atoms with Crippen molar-refractivity contribution < 1.29 is 4.79 Å². The summed E-state index contributed by atoms with van der Waals surface area (Å²) in [5, 5.41) is 0. The van der Waals surface area contributed by atoms with Gasteiger partial charge in [0.15, 0.2) is 0 Å². The Kier molecular flexibility index (Phi) is 3.29. The Morgan fingerprint density at radius 2 is 2.21 bits per heavy atom. The number of rotatable bonds is 3. The average Bonchev–Trinajstić information content (AvgIpc) is 2.12. The molecule has 0 saturated carbocycles. The summed E-state index contributed by atoms with van der Waals surface area (Å²) in [5.74, 6) is -0.331. The van der Waals surface area contributed by atoms with E-state index in [2.05, 4.69) is 0 Å². The van der Waals surface area contributed by atoms with Crippen LogP contribution in [0, 0.1) is 6.92 Å². The van der Waals surface area contributed by atoms with Crippen molar-refractivity contribution in [3.63, 3.8) is 0 Å². The zero-order valence-corrected chi connectivity index (χ0v) is 8.16. The van der Waals surface area contributed by atoms with E-state index in [0.29, 0.717) is 0 Å². The zero-order chi connectivity index (χ0) is 10.6. The molecular formula is C11H14N2O. The van der Waals surface area contributed by atoms with Crippen molar-refractivity contribution in [2.75, 3.05) is 5.73 Å². The summed E-state index contributed by atoms with van der Waals surface area (Å²) in [7, 11) is 0. The molecule has 1 aromatic carbocycles. The normalized spacial score (nSPS) is 10.6. The smallest absolute Gasteiger partial charge is 0.221 e. The number of carbonyl (C=O) groups excluding carboxylic acids is 1. The van der Waals surface area contributed by atoms with Crippen molar-refractivity contribution in [1.82, 2.24) is 0 Å². The average molecular weight is 190 g/mol. The topological polar surface area (TPSA) is 69.1 Å². The number of benzene rings is 1. The second-order valence-corrected chi connectivity index (χ2v) is 3.13. The first-order valence-electron chi connectivity index (χ1n) is 4.41. The van der Waals surface area contributed by atoms with Crippen LogP contribution in [-0.4, -0.2) is 5.91 Å². The highest BCUT2D eigenvalue weighted by Gasteiger charge is 1.96. The van der Waals surface area contributed by atoms with Gasteiger partial charge in [-0.05, 0) is 24.1 Å². The first-order chi connectivity index (χ1) is 6.61. The summed E-state index contributed by atoms with van der Waals surface area (Å²) < 4.78 is 0. The molecule has 1 amide bonds. The minimum Gasteiger partial charge on any atom is -0.398 e. The zero-order valence-electron chi connectivity index (χ0n) is 8.16. The van der Waals surface area contributed by atoms with E-state index in [9.17, 15) is 4.79 Å². The van der Waals surface area contributed by atoms with Crippen LogP contribution in [-0.2, 0) is 4.79 Å². The third-order valence-corrected chi connectivity index (χ3v) is 2.03. The van der Waals surface area contributed by atoms with Crippen LogP contribution in [0.5, 0.6) is 0 Å². The highest BCUT2D eigenvalue weighted by Crippen LogP contribution is 2.16. The van der Waals surface area contributed by atoms with E-state index in [0.717, 1.165) is 16.8 Å². The van der Waals surface area contributed by atoms with Crippen molar-refractivity contribution >= 4 is 17.7 Å². The maximum atomic E-state index is 10.5. The van der Waals surface area contributed by atoms with Gasteiger partial charge in [-0.3, -0.25) is 4.79 Å². The SMILES string of the molecule is Cc1c(N)cccc1C=CCC(N)=O. The minimum absolute atomic E-state index is 0.258. The van der Waals surface area contributed by atoms with E-state index < -0.39 is 0 Å². The highest BCUT2D eigenvalue weighted by molar-refractivity contribution is 5.76. The second-order valence-electron chi connectivity index (χ2n) is 3.13. The van der Waals surface area contributed by atoms with Gasteiger partial charge in [-0.15, -0.1) is 0 Å². The molecule has 1 aromatic rings. The van der Waals surface area contributed by atoms with Gasteiger partial charge in [0.2, 0.25) is 5.91 Å². The number of anilines is 1. The Morgan fingerprint density at radius 1 is 1.50 bits per heavy atom. The lowest BCUT2D eigenvalue weighted by molar-refractivity contribution is -0.117. The summed E-state index contributed by atoms with van der Waals surface area (Å²) >= 11 is 0. The Labute approximate surface area is 83.4 Å². The largest absolute Gasteiger partial charge is 0.398 e. The van der Waals surface area contributed by atoms with Crippen molar-refractivity contribution in [2.24, 2.45) is 5.73 Å². The first-order valence-corrected chi connectivity index (χ1v) is 4.41. The Hall–Kier alpha value is -1.77. The standard InChI is InChI=1S/C11H14N2O/c1-8-9(4-2-6-10(8)12)5-3-7-11(13)14/h2-6H,7,12H2,1H3,(H2,13,14). The fraction of sp³-hybridized carbons (Fsp3) is 0.182. The minimum atomic E-state index is -0.331. The van der Waals surface area contributed by atoms with Gasteiger partial charge in [0.1, 0.15) is 0 Å². The highest BCUT2D eigenvalue weighted by atomic mass is 16.1.